The van der Waals surface area contributed by atoms with Crippen LogP contribution in [0.1, 0.15) is 67.5 Å². The molecule has 0 unspecified atom stereocenters. The van der Waals surface area contributed by atoms with Crippen molar-refractivity contribution in [2.24, 2.45) is 5.73 Å². The molecule has 5 heteroatoms. The number of primary amides is 1. The monoisotopic (exact) mass is 236 g/mol. The third kappa shape index (κ3) is 2.48. The van der Waals surface area contributed by atoms with E-state index in [4.69, 9.17) is 5.73 Å². The topological polar surface area (TPSA) is 73.8 Å². The molecular formula is C12H20N4O. The molecule has 0 saturated heterocycles. The van der Waals surface area contributed by atoms with E-state index in [2.05, 4.69) is 17.2 Å². The number of carbonyl (C=O) groups is 1. The van der Waals surface area contributed by atoms with Crippen LogP contribution in [0.2, 0.25) is 0 Å². The summed E-state index contributed by atoms with van der Waals surface area (Å²) in [7, 11) is 0. The number of nitrogens with two attached hydrogens (primary N) is 1. The largest absolute Gasteiger partial charge is 0.364 e. The zero-order valence-corrected chi connectivity index (χ0v) is 10.4. The van der Waals surface area contributed by atoms with Crippen molar-refractivity contribution in [2.45, 2.75) is 57.9 Å². The second-order valence-corrected chi connectivity index (χ2v) is 4.75. The fourth-order valence-corrected chi connectivity index (χ4v) is 2.26. The Bertz CT molecular complexity index is 395. The minimum absolute atomic E-state index is 0.381. The molecule has 0 aliphatic heterocycles. The van der Waals surface area contributed by atoms with Crippen LogP contribution in [0.15, 0.2) is 0 Å². The van der Waals surface area contributed by atoms with E-state index in [1.54, 1.807) is 0 Å². The third-order valence-electron chi connectivity index (χ3n) is 3.47. The molecule has 1 amide bonds. The van der Waals surface area contributed by atoms with Gasteiger partial charge < -0.3 is 5.73 Å². The van der Waals surface area contributed by atoms with E-state index in [9.17, 15) is 4.79 Å². The van der Waals surface area contributed by atoms with E-state index in [0.717, 1.165) is 31.5 Å². The Hall–Kier alpha value is -1.39. The highest BCUT2D eigenvalue weighted by Gasteiger charge is 2.29. The molecule has 1 aliphatic carbocycles. The first-order chi connectivity index (χ1) is 8.24. The maximum absolute atomic E-state index is 11.3. The van der Waals surface area contributed by atoms with Crippen LogP contribution in [0, 0.1) is 0 Å². The molecule has 0 radical (unpaired) electrons. The summed E-state index contributed by atoms with van der Waals surface area (Å²) in [5.41, 5.74) is 6.70. The highest BCUT2D eigenvalue weighted by Crippen LogP contribution is 2.37. The van der Waals surface area contributed by atoms with Crippen molar-refractivity contribution < 1.29 is 4.79 Å². The van der Waals surface area contributed by atoms with Gasteiger partial charge >= 0.3 is 0 Å². The predicted octanol–water partition coefficient (Wildman–Crippen LogP) is 1.83. The molecule has 17 heavy (non-hydrogen) atoms. The lowest BCUT2D eigenvalue weighted by Gasteiger charge is -2.26. The molecule has 1 fully saturated rings. The number of hydrogen-bond donors (Lipinski definition) is 1. The summed E-state index contributed by atoms with van der Waals surface area (Å²) in [5.74, 6) is -0.0113. The Morgan fingerprint density at radius 2 is 2.24 bits per heavy atom. The summed E-state index contributed by atoms with van der Waals surface area (Å²) in [6, 6.07) is 0. The number of unbranched alkanes of at least 4 members (excludes halogenated alkanes) is 2. The highest BCUT2D eigenvalue weighted by molar-refractivity contribution is 5.92. The van der Waals surface area contributed by atoms with Crippen molar-refractivity contribution in [2.75, 3.05) is 0 Å². The third-order valence-corrected chi connectivity index (χ3v) is 3.47. The average molecular weight is 236 g/mol. The van der Waals surface area contributed by atoms with Crippen molar-refractivity contribution in [3.63, 3.8) is 0 Å². The molecule has 0 aromatic carbocycles. The van der Waals surface area contributed by atoms with Gasteiger partial charge in [-0.1, -0.05) is 31.4 Å². The van der Waals surface area contributed by atoms with Crippen LogP contribution in [-0.4, -0.2) is 20.9 Å². The van der Waals surface area contributed by atoms with Crippen LogP contribution < -0.4 is 5.73 Å². The molecule has 1 aromatic heterocycles. The number of rotatable bonds is 6. The molecule has 94 valence electrons. The van der Waals surface area contributed by atoms with Gasteiger partial charge in [-0.05, 0) is 19.3 Å². The van der Waals surface area contributed by atoms with Gasteiger partial charge in [0.15, 0.2) is 5.69 Å². The average Bonchev–Trinajstić information content (AvgIpc) is 2.60. The number of aromatic nitrogens is 3. The van der Waals surface area contributed by atoms with E-state index in [1.807, 2.05) is 4.68 Å². The smallest absolute Gasteiger partial charge is 0.271 e. The summed E-state index contributed by atoms with van der Waals surface area (Å²) >= 11 is 0. The van der Waals surface area contributed by atoms with Crippen LogP contribution in [0.25, 0.3) is 0 Å². The predicted molar refractivity (Wildman–Crippen MR) is 64.7 cm³/mol. The lowest BCUT2D eigenvalue weighted by Crippen LogP contribution is -2.21. The number of amides is 1. The van der Waals surface area contributed by atoms with Gasteiger partial charge in [0.1, 0.15) is 0 Å². The van der Waals surface area contributed by atoms with Gasteiger partial charge in [0.2, 0.25) is 0 Å². The Labute approximate surface area is 101 Å². The van der Waals surface area contributed by atoms with Crippen LogP contribution in [0.4, 0.5) is 0 Å². The number of hydrogen-bond acceptors (Lipinski definition) is 3. The van der Waals surface area contributed by atoms with Gasteiger partial charge in [0, 0.05) is 12.5 Å². The van der Waals surface area contributed by atoms with E-state index in [-0.39, 0.29) is 0 Å². The summed E-state index contributed by atoms with van der Waals surface area (Å²) < 4.78 is 1.89. The molecule has 2 rings (SSSR count). The van der Waals surface area contributed by atoms with Crippen LogP contribution in [0.3, 0.4) is 0 Å². The van der Waals surface area contributed by atoms with E-state index in [0.29, 0.717) is 11.6 Å². The van der Waals surface area contributed by atoms with Gasteiger partial charge in [0.05, 0.1) is 5.69 Å². The lowest BCUT2D eigenvalue weighted by molar-refractivity contribution is 0.0993. The summed E-state index contributed by atoms with van der Waals surface area (Å²) in [5, 5.41) is 8.01. The Morgan fingerprint density at radius 1 is 1.47 bits per heavy atom. The Morgan fingerprint density at radius 3 is 2.76 bits per heavy atom. The van der Waals surface area contributed by atoms with Crippen molar-refractivity contribution in [1.29, 1.82) is 0 Å². The summed E-state index contributed by atoms with van der Waals surface area (Å²) in [4.78, 5) is 11.3. The van der Waals surface area contributed by atoms with Crippen LogP contribution in [-0.2, 0) is 6.54 Å². The molecule has 2 N–H and O–H groups in total. The summed E-state index contributed by atoms with van der Waals surface area (Å²) in [6.45, 7) is 3.02. The van der Waals surface area contributed by atoms with Gasteiger partial charge in [0.25, 0.3) is 5.91 Å². The Balaban J connectivity index is 2.16. The maximum atomic E-state index is 11.3. The van der Waals surface area contributed by atoms with Crippen LogP contribution >= 0.6 is 0 Å². The lowest BCUT2D eigenvalue weighted by atomic mass is 9.82. The minimum Gasteiger partial charge on any atom is -0.364 e. The first-order valence-corrected chi connectivity index (χ1v) is 6.47. The van der Waals surface area contributed by atoms with Crippen molar-refractivity contribution in [3.05, 3.63) is 11.4 Å². The van der Waals surface area contributed by atoms with E-state index in [1.165, 1.54) is 19.3 Å². The highest BCUT2D eigenvalue weighted by atomic mass is 16.1. The van der Waals surface area contributed by atoms with Crippen LogP contribution in [0.5, 0.6) is 0 Å². The van der Waals surface area contributed by atoms with Gasteiger partial charge in [-0.3, -0.25) is 4.79 Å². The molecule has 0 atom stereocenters. The molecular weight excluding hydrogens is 216 g/mol. The van der Waals surface area contributed by atoms with Crippen molar-refractivity contribution >= 4 is 5.91 Å². The fraction of sp³-hybridized carbons (Fsp3) is 0.750. The standard InChI is InChI=1S/C12H20N4O/c1-2-3-4-8-16-11(9-6-5-7-9)10(12(13)17)14-15-16/h9H,2-8H2,1H3,(H2,13,17). The zero-order valence-electron chi connectivity index (χ0n) is 10.4. The Kier molecular flexibility index (Phi) is 3.76. The zero-order chi connectivity index (χ0) is 12.3. The molecule has 0 bridgehead atoms. The second-order valence-electron chi connectivity index (χ2n) is 4.75. The molecule has 0 spiro atoms. The molecule has 5 nitrogen and oxygen atoms in total. The molecule has 1 aromatic rings. The first kappa shape index (κ1) is 12.1. The first-order valence-electron chi connectivity index (χ1n) is 6.47. The van der Waals surface area contributed by atoms with Crippen molar-refractivity contribution in [1.82, 2.24) is 15.0 Å². The molecule has 1 aliphatic rings. The van der Waals surface area contributed by atoms with Crippen molar-refractivity contribution in [3.8, 4) is 0 Å². The quantitative estimate of drug-likeness (QED) is 0.766. The molecule has 1 heterocycles. The maximum Gasteiger partial charge on any atom is 0.271 e. The minimum atomic E-state index is -0.450. The summed E-state index contributed by atoms with van der Waals surface area (Å²) in [6.07, 6.45) is 6.91. The number of aryl methyl sites for hydroxylation is 1. The normalized spacial score (nSPS) is 15.8. The van der Waals surface area contributed by atoms with Gasteiger partial charge in [-0.15, -0.1) is 5.10 Å². The fourth-order valence-electron chi connectivity index (χ4n) is 2.26. The van der Waals surface area contributed by atoms with Gasteiger partial charge in [-0.25, -0.2) is 4.68 Å². The second kappa shape index (κ2) is 5.29. The van der Waals surface area contributed by atoms with E-state index < -0.39 is 5.91 Å². The molecule has 1 saturated carbocycles. The number of carbonyl (C=O) groups excluding carboxylic acids is 1. The van der Waals surface area contributed by atoms with E-state index >= 15 is 0 Å². The number of nitrogens with zero attached hydrogens (tertiary/aromatic N) is 3. The SMILES string of the molecule is CCCCCn1nnc(C(N)=O)c1C1CCC1. The van der Waals surface area contributed by atoms with Gasteiger partial charge in [-0.2, -0.15) is 0 Å².